The number of hydrogen-bond donors (Lipinski definition) is 2. The Hall–Kier alpha value is -4.65. The molecule has 2 heterocycles. The van der Waals surface area contributed by atoms with Gasteiger partial charge in [0.1, 0.15) is 17.3 Å². The molecule has 2 aliphatic rings. The minimum atomic E-state index is -4.58. The second-order valence-electron chi connectivity index (χ2n) is 14.1. The Kier molecular flexibility index (Phi) is 10.9. The van der Waals surface area contributed by atoms with E-state index in [0.29, 0.717) is 80.8 Å². The Balaban J connectivity index is 1.18. The second kappa shape index (κ2) is 15.6. The van der Waals surface area contributed by atoms with Crippen LogP contribution in [-0.4, -0.2) is 60.5 Å². The van der Waals surface area contributed by atoms with Crippen LogP contribution in [0.2, 0.25) is 5.02 Å². The summed E-state index contributed by atoms with van der Waals surface area (Å²) in [6.07, 6.45) is 1.46. The number of nitrogens with one attached hydrogen (secondary N) is 2. The maximum atomic E-state index is 15.6. The van der Waals surface area contributed by atoms with Crippen LogP contribution in [0.15, 0.2) is 66.9 Å². The number of rotatable bonds is 13. The van der Waals surface area contributed by atoms with Crippen molar-refractivity contribution in [1.82, 2.24) is 25.3 Å². The van der Waals surface area contributed by atoms with E-state index in [1.165, 1.54) is 32.4 Å². The van der Waals surface area contributed by atoms with Crippen molar-refractivity contribution in [3.05, 3.63) is 100.0 Å². The normalized spacial score (nSPS) is 16.2. The molecule has 5 aromatic rings. The van der Waals surface area contributed by atoms with Gasteiger partial charge >= 0.3 is 6.18 Å². The van der Waals surface area contributed by atoms with Gasteiger partial charge in [-0.25, -0.2) is 4.39 Å². The van der Waals surface area contributed by atoms with Crippen LogP contribution in [0.5, 0.6) is 11.5 Å². The van der Waals surface area contributed by atoms with Crippen LogP contribution in [0.25, 0.3) is 33.2 Å². The first kappa shape index (κ1) is 37.7. The number of hydrogen-bond acceptors (Lipinski definition) is 6. The van der Waals surface area contributed by atoms with Crippen molar-refractivity contribution in [3.8, 4) is 33.8 Å². The molecule has 1 aromatic heterocycles. The number of amides is 1. The summed E-state index contributed by atoms with van der Waals surface area (Å²) in [4.78, 5) is 13.6. The molecule has 1 saturated heterocycles. The second-order valence-corrected chi connectivity index (χ2v) is 14.5. The molecule has 54 heavy (non-hydrogen) atoms. The quantitative estimate of drug-likeness (QED) is 0.117. The van der Waals surface area contributed by atoms with Crippen molar-refractivity contribution in [2.75, 3.05) is 27.8 Å². The molecule has 13 heteroatoms. The van der Waals surface area contributed by atoms with Crippen LogP contribution in [0.1, 0.15) is 54.4 Å². The number of carbonyl (C=O) groups excluding carboxylic acids is 1. The van der Waals surface area contributed by atoms with Gasteiger partial charge in [-0.15, -0.1) is 0 Å². The zero-order valence-corrected chi connectivity index (χ0v) is 31.1. The molecule has 2 fully saturated rings. The Labute approximate surface area is 316 Å². The number of benzene rings is 4. The zero-order chi connectivity index (χ0) is 38.1. The van der Waals surface area contributed by atoms with Crippen molar-refractivity contribution in [2.24, 2.45) is 0 Å². The summed E-state index contributed by atoms with van der Waals surface area (Å²) in [6, 6.07) is 17.2. The van der Waals surface area contributed by atoms with Crippen LogP contribution >= 0.6 is 11.6 Å². The molecule has 4 aromatic carbocycles. The van der Waals surface area contributed by atoms with Gasteiger partial charge in [0.05, 0.1) is 43.1 Å². The average Bonchev–Trinajstić information content (AvgIpc) is 3.73. The van der Waals surface area contributed by atoms with E-state index >= 15 is 4.39 Å². The van der Waals surface area contributed by atoms with Crippen molar-refractivity contribution in [2.45, 2.75) is 70.0 Å². The first-order chi connectivity index (χ1) is 25.9. The van der Waals surface area contributed by atoms with Gasteiger partial charge in [0, 0.05) is 65.8 Å². The van der Waals surface area contributed by atoms with Gasteiger partial charge < -0.3 is 20.1 Å². The van der Waals surface area contributed by atoms with Crippen LogP contribution in [0.3, 0.4) is 0 Å². The van der Waals surface area contributed by atoms with E-state index in [9.17, 15) is 18.0 Å². The van der Waals surface area contributed by atoms with Crippen molar-refractivity contribution < 1.29 is 31.8 Å². The minimum absolute atomic E-state index is 0.00452. The van der Waals surface area contributed by atoms with Crippen LogP contribution in [0, 0.1) is 5.82 Å². The first-order valence-electron chi connectivity index (χ1n) is 18.0. The molecular formula is C41H42ClF4N5O3. The highest BCUT2D eigenvalue weighted by molar-refractivity contribution is 6.36. The number of methoxy groups -OCH3 is 2. The molecule has 8 nitrogen and oxygen atoms in total. The minimum Gasteiger partial charge on any atom is -0.496 e. The monoisotopic (exact) mass is 763 g/mol. The largest absolute Gasteiger partial charge is 0.496 e. The predicted molar refractivity (Wildman–Crippen MR) is 201 cm³/mol. The van der Waals surface area contributed by atoms with Crippen LogP contribution < -0.4 is 20.1 Å². The van der Waals surface area contributed by atoms with E-state index in [4.69, 9.17) is 21.1 Å². The Morgan fingerprint density at radius 2 is 1.72 bits per heavy atom. The number of halogens is 5. The summed E-state index contributed by atoms with van der Waals surface area (Å²) in [5, 5.41) is 11.7. The molecule has 0 radical (unpaired) electrons. The third-order valence-corrected chi connectivity index (χ3v) is 11.1. The standard InChI is InChI=1S/C41H42ClF4N5O3/c1-50(28-7-4-8-28)22-26-15-34(41(44,45)46)25(18-37(26)53-2)23-51-36-12-6-10-30(32(36)21-48-51)31-11-5-9-29(40(31)42)24-16-35(43)33(38(17-24)54-3)20-47-19-27-13-14-39(52)49-27/h5-6,9-12,15-18,21,27-28,47H,4,7-8,13-14,19-20,22-23H2,1-3H3,(H,49,52). The lowest BCUT2D eigenvalue weighted by atomic mass is 9.91. The molecule has 1 amide bonds. The third kappa shape index (κ3) is 7.65. The Bertz CT molecular complexity index is 2180. The van der Waals surface area contributed by atoms with Crippen molar-refractivity contribution in [3.63, 3.8) is 0 Å². The Morgan fingerprint density at radius 1 is 0.981 bits per heavy atom. The van der Waals surface area contributed by atoms with Gasteiger partial charge in [-0.05, 0) is 73.3 Å². The molecule has 1 unspecified atom stereocenters. The fourth-order valence-corrected chi connectivity index (χ4v) is 7.85. The maximum absolute atomic E-state index is 15.6. The van der Waals surface area contributed by atoms with Gasteiger partial charge in [0.2, 0.25) is 5.91 Å². The van der Waals surface area contributed by atoms with Gasteiger partial charge in [-0.3, -0.25) is 14.4 Å². The summed E-state index contributed by atoms with van der Waals surface area (Å²) < 4.78 is 72.1. The lowest BCUT2D eigenvalue weighted by Crippen LogP contribution is -2.36. The number of nitrogens with zero attached hydrogens (tertiary/aromatic N) is 3. The predicted octanol–water partition coefficient (Wildman–Crippen LogP) is 8.60. The van der Waals surface area contributed by atoms with Crippen LogP contribution in [0.4, 0.5) is 17.6 Å². The zero-order valence-electron chi connectivity index (χ0n) is 30.3. The first-order valence-corrected chi connectivity index (χ1v) is 18.4. The molecule has 7 rings (SSSR count). The SMILES string of the molecule is COc1cc(Cn2ncc3c(-c4cccc(-c5cc(F)c(CNCC6CCC(=O)N6)c(OC)c5)c4Cl)cccc32)c(C(F)(F)F)cc1CN(C)C1CCC1. The number of carbonyl (C=O) groups is 1. The molecule has 0 spiro atoms. The summed E-state index contributed by atoms with van der Waals surface area (Å²) in [5.74, 6) is 0.306. The number of fused-ring (bicyclic) bond motifs is 1. The van der Waals surface area contributed by atoms with E-state index in [-0.39, 0.29) is 30.6 Å². The molecular weight excluding hydrogens is 722 g/mol. The maximum Gasteiger partial charge on any atom is 0.416 e. The van der Waals surface area contributed by atoms with Gasteiger partial charge in [0.25, 0.3) is 0 Å². The highest BCUT2D eigenvalue weighted by Gasteiger charge is 2.35. The molecule has 1 aliphatic heterocycles. The number of ether oxygens (including phenoxy) is 2. The molecule has 0 bridgehead atoms. The number of aromatic nitrogens is 2. The summed E-state index contributed by atoms with van der Waals surface area (Å²) in [7, 11) is 4.89. The lowest BCUT2D eigenvalue weighted by molar-refractivity contribution is -0.138. The van der Waals surface area contributed by atoms with Gasteiger partial charge in [0.15, 0.2) is 0 Å². The van der Waals surface area contributed by atoms with E-state index in [1.807, 2.05) is 37.4 Å². The van der Waals surface area contributed by atoms with Crippen LogP contribution in [-0.2, 0) is 30.6 Å². The van der Waals surface area contributed by atoms with Gasteiger partial charge in [-0.2, -0.15) is 18.3 Å². The van der Waals surface area contributed by atoms with E-state index in [0.717, 1.165) is 31.2 Å². The molecule has 1 atom stereocenters. The lowest BCUT2D eigenvalue weighted by Gasteiger charge is -2.35. The summed E-state index contributed by atoms with van der Waals surface area (Å²) in [6.45, 7) is 0.934. The van der Waals surface area contributed by atoms with E-state index in [2.05, 4.69) is 20.6 Å². The number of alkyl halides is 3. The Morgan fingerprint density at radius 3 is 2.41 bits per heavy atom. The van der Waals surface area contributed by atoms with Gasteiger partial charge in [-0.1, -0.05) is 48.4 Å². The highest BCUT2D eigenvalue weighted by Crippen LogP contribution is 2.42. The molecule has 2 N–H and O–H groups in total. The fraction of sp³-hybridized carbons (Fsp3) is 0.366. The topological polar surface area (TPSA) is 80.6 Å². The van der Waals surface area contributed by atoms with Crippen molar-refractivity contribution >= 4 is 28.4 Å². The molecule has 1 aliphatic carbocycles. The van der Waals surface area contributed by atoms with E-state index in [1.54, 1.807) is 23.0 Å². The summed E-state index contributed by atoms with van der Waals surface area (Å²) in [5.41, 5.74) is 3.27. The molecule has 1 saturated carbocycles. The third-order valence-electron chi connectivity index (χ3n) is 10.7. The van der Waals surface area contributed by atoms with Crippen molar-refractivity contribution in [1.29, 1.82) is 0 Å². The summed E-state index contributed by atoms with van der Waals surface area (Å²) >= 11 is 7.08. The fourth-order valence-electron chi connectivity index (χ4n) is 7.51. The average molecular weight is 764 g/mol. The molecule has 284 valence electrons. The highest BCUT2D eigenvalue weighted by atomic mass is 35.5. The smallest absolute Gasteiger partial charge is 0.416 e. The van der Waals surface area contributed by atoms with E-state index < -0.39 is 17.6 Å².